The third-order valence-corrected chi connectivity index (χ3v) is 3.81. The van der Waals surface area contributed by atoms with Crippen LogP contribution < -0.4 is 0 Å². The van der Waals surface area contributed by atoms with Crippen LogP contribution in [0.4, 0.5) is 8.78 Å². The Labute approximate surface area is 104 Å². The number of hydrogen-bond donors (Lipinski definition) is 1. The monoisotopic (exact) mass is 261 g/mol. The first kappa shape index (κ1) is 13.2. The molecule has 102 valence electrons. The van der Waals surface area contributed by atoms with Gasteiger partial charge in [0.15, 0.2) is 0 Å². The fourth-order valence-electron chi connectivity index (χ4n) is 2.88. The SMILES string of the molecule is O=C(O)[C@@H]1CC(F)(F)CN1C(=O)CC1CCCC1. The molecule has 1 saturated heterocycles. The number of aliphatic carboxylic acids is 1. The predicted molar refractivity (Wildman–Crippen MR) is 59.3 cm³/mol. The third-order valence-electron chi connectivity index (χ3n) is 3.81. The Kier molecular flexibility index (Phi) is 3.54. The minimum Gasteiger partial charge on any atom is -0.480 e. The Morgan fingerprint density at radius 3 is 2.44 bits per heavy atom. The van der Waals surface area contributed by atoms with E-state index in [0.29, 0.717) is 0 Å². The number of hydrogen-bond acceptors (Lipinski definition) is 2. The van der Waals surface area contributed by atoms with Crippen molar-refractivity contribution < 1.29 is 23.5 Å². The molecule has 0 radical (unpaired) electrons. The molecule has 1 heterocycles. The van der Waals surface area contributed by atoms with Crippen LogP contribution in [0.15, 0.2) is 0 Å². The molecule has 1 atom stereocenters. The molecule has 0 aromatic carbocycles. The van der Waals surface area contributed by atoms with Gasteiger partial charge in [0, 0.05) is 12.8 Å². The quantitative estimate of drug-likeness (QED) is 0.844. The van der Waals surface area contributed by atoms with Gasteiger partial charge in [0.25, 0.3) is 5.92 Å². The number of carbonyl (C=O) groups excluding carboxylic acids is 1. The molecule has 4 nitrogen and oxygen atoms in total. The second-order valence-corrected chi connectivity index (χ2v) is 5.29. The summed E-state index contributed by atoms with van der Waals surface area (Å²) >= 11 is 0. The van der Waals surface area contributed by atoms with Crippen molar-refractivity contribution in [3.8, 4) is 0 Å². The van der Waals surface area contributed by atoms with Gasteiger partial charge in [-0.05, 0) is 18.8 Å². The average Bonchev–Trinajstić information content (AvgIpc) is 2.85. The lowest BCUT2D eigenvalue weighted by Gasteiger charge is -2.22. The number of halogens is 2. The molecule has 18 heavy (non-hydrogen) atoms. The number of carbonyl (C=O) groups is 2. The van der Waals surface area contributed by atoms with Crippen LogP contribution in [0.25, 0.3) is 0 Å². The summed E-state index contributed by atoms with van der Waals surface area (Å²) in [5.74, 6) is -4.62. The van der Waals surface area contributed by atoms with Gasteiger partial charge in [0.2, 0.25) is 5.91 Å². The van der Waals surface area contributed by atoms with E-state index in [2.05, 4.69) is 0 Å². The Bertz CT molecular complexity index is 353. The largest absolute Gasteiger partial charge is 0.480 e. The smallest absolute Gasteiger partial charge is 0.326 e. The van der Waals surface area contributed by atoms with Crippen molar-refractivity contribution in [2.24, 2.45) is 5.92 Å². The highest BCUT2D eigenvalue weighted by Crippen LogP contribution is 2.34. The molecule has 0 bridgehead atoms. The van der Waals surface area contributed by atoms with Crippen molar-refractivity contribution in [3.63, 3.8) is 0 Å². The Morgan fingerprint density at radius 2 is 1.89 bits per heavy atom. The van der Waals surface area contributed by atoms with Crippen LogP contribution in [0.2, 0.25) is 0 Å². The zero-order valence-electron chi connectivity index (χ0n) is 10.1. The number of rotatable bonds is 3. The zero-order chi connectivity index (χ0) is 13.3. The number of alkyl halides is 2. The molecular formula is C12H17F2NO3. The summed E-state index contributed by atoms with van der Waals surface area (Å²) in [7, 11) is 0. The molecular weight excluding hydrogens is 244 g/mol. The standard InChI is InChI=1S/C12H17F2NO3/c13-12(14)6-9(11(17)18)15(7-12)10(16)5-8-3-1-2-4-8/h8-9H,1-7H2,(H,17,18)/t9-/m0/s1. The maximum absolute atomic E-state index is 13.2. The van der Waals surface area contributed by atoms with Crippen LogP contribution in [-0.2, 0) is 9.59 Å². The van der Waals surface area contributed by atoms with E-state index < -0.39 is 36.8 Å². The minimum absolute atomic E-state index is 0.208. The van der Waals surface area contributed by atoms with E-state index >= 15 is 0 Å². The topological polar surface area (TPSA) is 57.6 Å². The molecule has 0 aromatic heterocycles. The van der Waals surface area contributed by atoms with E-state index in [1.807, 2.05) is 0 Å². The van der Waals surface area contributed by atoms with E-state index in [1.165, 1.54) is 0 Å². The van der Waals surface area contributed by atoms with Gasteiger partial charge in [0.1, 0.15) is 6.04 Å². The van der Waals surface area contributed by atoms with Gasteiger partial charge in [-0.25, -0.2) is 13.6 Å². The molecule has 1 amide bonds. The fourth-order valence-corrected chi connectivity index (χ4v) is 2.88. The molecule has 1 aliphatic carbocycles. The predicted octanol–water partition coefficient (Wildman–Crippen LogP) is 1.89. The van der Waals surface area contributed by atoms with Gasteiger partial charge in [-0.15, -0.1) is 0 Å². The Balaban J connectivity index is 2.00. The van der Waals surface area contributed by atoms with Crippen molar-refractivity contribution in [1.29, 1.82) is 0 Å². The highest BCUT2D eigenvalue weighted by atomic mass is 19.3. The van der Waals surface area contributed by atoms with E-state index in [1.54, 1.807) is 0 Å². The highest BCUT2D eigenvalue weighted by Gasteiger charge is 2.50. The number of carboxylic acid groups (broad SMARTS) is 1. The molecule has 1 saturated carbocycles. The first-order chi connectivity index (χ1) is 8.39. The summed E-state index contributed by atoms with van der Waals surface area (Å²) in [6, 6.07) is -1.37. The zero-order valence-corrected chi connectivity index (χ0v) is 10.1. The van der Waals surface area contributed by atoms with Crippen molar-refractivity contribution in [1.82, 2.24) is 4.90 Å². The van der Waals surface area contributed by atoms with Crippen molar-refractivity contribution in [2.75, 3.05) is 6.54 Å². The van der Waals surface area contributed by atoms with E-state index in [4.69, 9.17) is 5.11 Å². The van der Waals surface area contributed by atoms with Crippen molar-refractivity contribution >= 4 is 11.9 Å². The number of carboxylic acids is 1. The lowest BCUT2D eigenvalue weighted by Crippen LogP contribution is -2.41. The molecule has 0 aromatic rings. The van der Waals surface area contributed by atoms with Crippen LogP contribution in [0.3, 0.4) is 0 Å². The van der Waals surface area contributed by atoms with Gasteiger partial charge in [-0.2, -0.15) is 0 Å². The molecule has 1 aliphatic heterocycles. The number of nitrogens with zero attached hydrogens (tertiary/aromatic N) is 1. The fraction of sp³-hybridized carbons (Fsp3) is 0.833. The van der Waals surface area contributed by atoms with Gasteiger partial charge < -0.3 is 10.0 Å². The van der Waals surface area contributed by atoms with Crippen LogP contribution in [-0.4, -0.2) is 40.4 Å². The summed E-state index contributed by atoms with van der Waals surface area (Å²) < 4.78 is 26.4. The lowest BCUT2D eigenvalue weighted by molar-refractivity contribution is -0.148. The lowest BCUT2D eigenvalue weighted by atomic mass is 10.0. The normalized spacial score (nSPS) is 27.7. The average molecular weight is 261 g/mol. The molecule has 6 heteroatoms. The summed E-state index contributed by atoms with van der Waals surface area (Å²) in [6.45, 7) is -0.754. The first-order valence-corrected chi connectivity index (χ1v) is 6.29. The minimum atomic E-state index is -3.08. The Hall–Kier alpha value is -1.20. The number of amides is 1. The summed E-state index contributed by atoms with van der Waals surface area (Å²) in [5, 5.41) is 8.90. The first-order valence-electron chi connectivity index (χ1n) is 6.29. The molecule has 0 unspecified atom stereocenters. The van der Waals surface area contributed by atoms with Gasteiger partial charge in [0.05, 0.1) is 6.54 Å². The maximum atomic E-state index is 13.2. The van der Waals surface area contributed by atoms with Crippen molar-refractivity contribution in [2.45, 2.75) is 50.5 Å². The molecule has 2 fully saturated rings. The van der Waals surface area contributed by atoms with Gasteiger partial charge in [-0.3, -0.25) is 4.79 Å². The Morgan fingerprint density at radius 1 is 1.28 bits per heavy atom. The summed E-state index contributed by atoms with van der Waals surface area (Å²) in [6.07, 6.45) is 3.45. The third kappa shape index (κ3) is 2.79. The van der Waals surface area contributed by atoms with Gasteiger partial charge in [-0.1, -0.05) is 12.8 Å². The van der Waals surface area contributed by atoms with E-state index in [-0.39, 0.29) is 12.3 Å². The van der Waals surface area contributed by atoms with Crippen molar-refractivity contribution in [3.05, 3.63) is 0 Å². The van der Waals surface area contributed by atoms with E-state index in [0.717, 1.165) is 30.6 Å². The van der Waals surface area contributed by atoms with E-state index in [9.17, 15) is 18.4 Å². The van der Waals surface area contributed by atoms with Crippen LogP contribution in [0, 0.1) is 5.92 Å². The molecule has 1 N–H and O–H groups in total. The highest BCUT2D eigenvalue weighted by molar-refractivity contribution is 5.84. The molecule has 2 rings (SSSR count). The van der Waals surface area contributed by atoms with Crippen LogP contribution >= 0.6 is 0 Å². The summed E-state index contributed by atoms with van der Waals surface area (Å²) in [4.78, 5) is 23.7. The second-order valence-electron chi connectivity index (χ2n) is 5.29. The summed E-state index contributed by atoms with van der Waals surface area (Å²) in [5.41, 5.74) is 0. The van der Waals surface area contributed by atoms with Crippen LogP contribution in [0.1, 0.15) is 38.5 Å². The molecule has 2 aliphatic rings. The number of likely N-dealkylation sites (tertiary alicyclic amines) is 1. The van der Waals surface area contributed by atoms with Gasteiger partial charge >= 0.3 is 5.97 Å². The maximum Gasteiger partial charge on any atom is 0.326 e. The second kappa shape index (κ2) is 4.82. The molecule has 0 spiro atoms. The van der Waals surface area contributed by atoms with Crippen LogP contribution in [0.5, 0.6) is 0 Å².